The van der Waals surface area contributed by atoms with Crippen LogP contribution in [0.1, 0.15) is 11.1 Å². The molecule has 3 aromatic rings. The van der Waals surface area contributed by atoms with Crippen LogP contribution in [0.5, 0.6) is 0 Å². The number of rotatable bonds is 1. The van der Waals surface area contributed by atoms with Crippen molar-refractivity contribution < 1.29 is 0 Å². The Kier molecular flexibility index (Phi) is 3.16. The van der Waals surface area contributed by atoms with E-state index in [1.165, 1.54) is 32.3 Å². The molecule has 0 radical (unpaired) electrons. The zero-order chi connectivity index (χ0) is 15.1. The first-order valence-electron chi connectivity index (χ1n) is 7.34. The standard InChI is InChI=1S/C19H16N2S/c1-13-7-5-9-15-18(13)22-19-14(2)8-6-10-16(19)21(15)17-11-3-4-12-20-17/h3-12H,1-2H3. The van der Waals surface area contributed by atoms with E-state index in [9.17, 15) is 0 Å². The number of pyridine rings is 1. The van der Waals surface area contributed by atoms with E-state index < -0.39 is 0 Å². The summed E-state index contributed by atoms with van der Waals surface area (Å²) in [6.07, 6.45) is 1.85. The molecule has 3 heteroatoms. The summed E-state index contributed by atoms with van der Waals surface area (Å²) >= 11 is 1.86. The van der Waals surface area contributed by atoms with E-state index in [4.69, 9.17) is 0 Å². The van der Waals surface area contributed by atoms with E-state index >= 15 is 0 Å². The molecule has 1 aliphatic rings. The first-order chi connectivity index (χ1) is 10.8. The highest BCUT2D eigenvalue weighted by atomic mass is 32.2. The monoisotopic (exact) mass is 304 g/mol. The highest BCUT2D eigenvalue weighted by Gasteiger charge is 2.27. The van der Waals surface area contributed by atoms with Gasteiger partial charge in [0.2, 0.25) is 0 Å². The summed E-state index contributed by atoms with van der Waals surface area (Å²) in [4.78, 5) is 9.47. The van der Waals surface area contributed by atoms with Crippen molar-refractivity contribution in [3.63, 3.8) is 0 Å². The first kappa shape index (κ1) is 13.4. The summed E-state index contributed by atoms with van der Waals surface area (Å²) < 4.78 is 0. The fraction of sp³-hybridized carbons (Fsp3) is 0.105. The topological polar surface area (TPSA) is 16.1 Å². The molecule has 108 valence electrons. The summed E-state index contributed by atoms with van der Waals surface area (Å²) in [5, 5.41) is 0. The lowest BCUT2D eigenvalue weighted by Crippen LogP contribution is -2.16. The van der Waals surface area contributed by atoms with Gasteiger partial charge >= 0.3 is 0 Å². The van der Waals surface area contributed by atoms with Gasteiger partial charge < -0.3 is 0 Å². The molecule has 2 nitrogen and oxygen atoms in total. The fourth-order valence-corrected chi connectivity index (χ4v) is 4.05. The van der Waals surface area contributed by atoms with Crippen LogP contribution >= 0.6 is 11.8 Å². The summed E-state index contributed by atoms with van der Waals surface area (Å²) in [6, 6.07) is 19.0. The quantitative estimate of drug-likeness (QED) is 0.453. The number of hydrogen-bond donors (Lipinski definition) is 0. The van der Waals surface area contributed by atoms with Crippen molar-refractivity contribution in [1.82, 2.24) is 4.98 Å². The predicted molar refractivity (Wildman–Crippen MR) is 92.5 cm³/mol. The van der Waals surface area contributed by atoms with Gasteiger partial charge in [-0.15, -0.1) is 0 Å². The maximum atomic E-state index is 4.58. The van der Waals surface area contributed by atoms with Crippen LogP contribution in [-0.4, -0.2) is 4.98 Å². The smallest absolute Gasteiger partial charge is 0.137 e. The highest BCUT2D eigenvalue weighted by molar-refractivity contribution is 7.99. The number of hydrogen-bond acceptors (Lipinski definition) is 3. The van der Waals surface area contributed by atoms with Crippen LogP contribution in [0.2, 0.25) is 0 Å². The molecule has 0 N–H and O–H groups in total. The molecular formula is C19H16N2S. The van der Waals surface area contributed by atoms with Gasteiger partial charge in [-0.25, -0.2) is 4.98 Å². The van der Waals surface area contributed by atoms with Gasteiger partial charge in [-0.1, -0.05) is 42.1 Å². The summed E-state index contributed by atoms with van der Waals surface area (Å²) in [7, 11) is 0. The molecular weight excluding hydrogens is 288 g/mol. The number of aryl methyl sites for hydroxylation is 2. The van der Waals surface area contributed by atoms with Gasteiger partial charge in [0.05, 0.1) is 11.4 Å². The Balaban J connectivity index is 2.02. The number of anilines is 3. The van der Waals surface area contributed by atoms with Crippen molar-refractivity contribution in [3.05, 3.63) is 71.9 Å². The van der Waals surface area contributed by atoms with Gasteiger partial charge in [0.25, 0.3) is 0 Å². The van der Waals surface area contributed by atoms with E-state index in [2.05, 4.69) is 66.2 Å². The molecule has 2 aromatic carbocycles. The summed E-state index contributed by atoms with van der Waals surface area (Å²) in [5.41, 5.74) is 5.03. The molecule has 0 amide bonds. The molecule has 0 saturated carbocycles. The van der Waals surface area contributed by atoms with Crippen molar-refractivity contribution in [2.75, 3.05) is 4.90 Å². The Morgan fingerprint density at radius 3 is 1.95 bits per heavy atom. The predicted octanol–water partition coefficient (Wildman–Crippen LogP) is 5.63. The number of fused-ring (bicyclic) bond motifs is 2. The molecule has 0 spiro atoms. The van der Waals surface area contributed by atoms with Gasteiger partial charge in [-0.3, -0.25) is 4.90 Å². The van der Waals surface area contributed by atoms with Crippen molar-refractivity contribution >= 4 is 29.0 Å². The molecule has 0 saturated heterocycles. The third kappa shape index (κ3) is 2.01. The summed E-state index contributed by atoms with van der Waals surface area (Å²) in [5.74, 6) is 0.960. The van der Waals surface area contributed by atoms with Crippen LogP contribution in [0, 0.1) is 13.8 Å². The highest BCUT2D eigenvalue weighted by Crippen LogP contribution is 2.52. The van der Waals surface area contributed by atoms with Crippen LogP contribution in [0.25, 0.3) is 0 Å². The van der Waals surface area contributed by atoms with E-state index in [0.717, 1.165) is 5.82 Å². The van der Waals surface area contributed by atoms with Crippen LogP contribution in [0.15, 0.2) is 70.6 Å². The Hall–Kier alpha value is -2.26. The minimum Gasteiger partial charge on any atom is -0.293 e. The van der Waals surface area contributed by atoms with Crippen molar-refractivity contribution in [1.29, 1.82) is 0 Å². The second-order valence-electron chi connectivity index (χ2n) is 5.47. The third-order valence-corrected chi connectivity index (χ3v) is 5.42. The molecule has 22 heavy (non-hydrogen) atoms. The van der Waals surface area contributed by atoms with Crippen LogP contribution in [0.4, 0.5) is 17.2 Å². The molecule has 1 aromatic heterocycles. The SMILES string of the molecule is Cc1cccc2c1Sc1c(C)cccc1N2c1ccccn1. The summed E-state index contributed by atoms with van der Waals surface area (Å²) in [6.45, 7) is 4.34. The molecule has 0 unspecified atom stereocenters. The average Bonchev–Trinajstić information content (AvgIpc) is 2.55. The van der Waals surface area contributed by atoms with Crippen molar-refractivity contribution in [3.8, 4) is 0 Å². The maximum Gasteiger partial charge on any atom is 0.137 e. The van der Waals surface area contributed by atoms with E-state index in [0.29, 0.717) is 0 Å². The van der Waals surface area contributed by atoms with Crippen molar-refractivity contribution in [2.24, 2.45) is 0 Å². The van der Waals surface area contributed by atoms with Crippen LogP contribution in [-0.2, 0) is 0 Å². The molecule has 4 rings (SSSR count). The number of benzene rings is 2. The van der Waals surface area contributed by atoms with Gasteiger partial charge in [0, 0.05) is 16.0 Å². The normalized spacial score (nSPS) is 12.7. The van der Waals surface area contributed by atoms with Crippen LogP contribution < -0.4 is 4.90 Å². The second-order valence-corrected chi connectivity index (χ2v) is 6.49. The Labute approximate surface area is 134 Å². The molecule has 0 aliphatic carbocycles. The fourth-order valence-electron chi connectivity index (χ4n) is 2.86. The number of nitrogens with zero attached hydrogens (tertiary/aromatic N) is 2. The van der Waals surface area contributed by atoms with Crippen LogP contribution in [0.3, 0.4) is 0 Å². The van der Waals surface area contributed by atoms with Gasteiger partial charge in [-0.2, -0.15) is 0 Å². The zero-order valence-corrected chi connectivity index (χ0v) is 13.4. The number of aromatic nitrogens is 1. The Morgan fingerprint density at radius 1 is 0.773 bits per heavy atom. The first-order valence-corrected chi connectivity index (χ1v) is 8.15. The van der Waals surface area contributed by atoms with E-state index in [1.54, 1.807) is 0 Å². The molecule has 1 aliphatic heterocycles. The van der Waals surface area contributed by atoms with Crippen molar-refractivity contribution in [2.45, 2.75) is 23.6 Å². The lowest BCUT2D eigenvalue weighted by atomic mass is 10.1. The lowest BCUT2D eigenvalue weighted by Gasteiger charge is -2.33. The maximum absolute atomic E-state index is 4.58. The lowest BCUT2D eigenvalue weighted by molar-refractivity contribution is 1.08. The van der Waals surface area contributed by atoms with Gasteiger partial charge in [-0.05, 0) is 49.2 Å². The minimum atomic E-state index is 0.960. The van der Waals surface area contributed by atoms with E-state index in [-0.39, 0.29) is 0 Å². The minimum absolute atomic E-state index is 0.960. The van der Waals surface area contributed by atoms with Gasteiger partial charge in [0.1, 0.15) is 5.82 Å². The molecule has 0 bridgehead atoms. The average molecular weight is 304 g/mol. The molecule has 2 heterocycles. The zero-order valence-electron chi connectivity index (χ0n) is 12.6. The molecule has 0 atom stereocenters. The third-order valence-electron chi connectivity index (χ3n) is 3.95. The Bertz CT molecular complexity index is 792. The van der Waals surface area contributed by atoms with Gasteiger partial charge in [0.15, 0.2) is 0 Å². The second kappa shape index (κ2) is 5.18. The largest absolute Gasteiger partial charge is 0.293 e. The van der Waals surface area contributed by atoms with E-state index in [1.807, 2.05) is 30.1 Å². The molecule has 0 fully saturated rings. The Morgan fingerprint density at radius 2 is 1.41 bits per heavy atom.